The molecule has 1 aliphatic carbocycles. The van der Waals surface area contributed by atoms with Gasteiger partial charge in [-0.2, -0.15) is 0 Å². The van der Waals surface area contributed by atoms with Gasteiger partial charge < -0.3 is 15.6 Å². The van der Waals surface area contributed by atoms with E-state index in [9.17, 15) is 4.79 Å². The van der Waals surface area contributed by atoms with Gasteiger partial charge in [0.05, 0.1) is 0 Å². The highest BCUT2D eigenvalue weighted by atomic mass is 16.1. The second kappa shape index (κ2) is 5.52. The Hall–Kier alpha value is -1.36. The average molecular weight is 250 g/mol. The molecule has 1 saturated carbocycles. The van der Waals surface area contributed by atoms with E-state index in [0.29, 0.717) is 24.3 Å². The van der Waals surface area contributed by atoms with Crippen molar-refractivity contribution >= 4 is 5.82 Å². The third-order valence-electron chi connectivity index (χ3n) is 3.41. The van der Waals surface area contributed by atoms with Gasteiger partial charge in [-0.3, -0.25) is 4.79 Å². The van der Waals surface area contributed by atoms with Crippen LogP contribution in [0.15, 0.2) is 17.2 Å². The SMILES string of the molecule is CC(C)C(CCN)Nc1nccn(C2CC2)c1=O. The standard InChI is InChI=1S/C13H22N4O/c1-9(2)11(5-6-14)16-12-13(18)17(8-7-15-12)10-3-4-10/h7-11H,3-6,14H2,1-2H3,(H,15,16). The first kappa shape index (κ1) is 13.1. The lowest BCUT2D eigenvalue weighted by Crippen LogP contribution is -2.33. The minimum Gasteiger partial charge on any atom is -0.362 e. The Kier molecular flexibility index (Phi) is 4.01. The van der Waals surface area contributed by atoms with Gasteiger partial charge in [-0.05, 0) is 31.7 Å². The quantitative estimate of drug-likeness (QED) is 0.799. The van der Waals surface area contributed by atoms with E-state index in [0.717, 1.165) is 19.3 Å². The van der Waals surface area contributed by atoms with Crippen LogP contribution in [0.25, 0.3) is 0 Å². The van der Waals surface area contributed by atoms with Gasteiger partial charge in [0.2, 0.25) is 0 Å². The number of nitrogens with zero attached hydrogens (tertiary/aromatic N) is 2. The highest BCUT2D eigenvalue weighted by Crippen LogP contribution is 2.33. The number of rotatable bonds is 6. The summed E-state index contributed by atoms with van der Waals surface area (Å²) >= 11 is 0. The first-order valence-electron chi connectivity index (χ1n) is 6.67. The molecule has 5 heteroatoms. The molecule has 1 aromatic rings. The normalized spacial score (nSPS) is 16.9. The summed E-state index contributed by atoms with van der Waals surface area (Å²) in [4.78, 5) is 16.4. The van der Waals surface area contributed by atoms with Crippen LogP contribution in [0.5, 0.6) is 0 Å². The number of hydrogen-bond acceptors (Lipinski definition) is 4. The van der Waals surface area contributed by atoms with Crippen LogP contribution in [0.3, 0.4) is 0 Å². The van der Waals surface area contributed by atoms with E-state index < -0.39 is 0 Å². The fourth-order valence-corrected chi connectivity index (χ4v) is 2.09. The molecule has 0 bridgehead atoms. The highest BCUT2D eigenvalue weighted by Gasteiger charge is 2.25. The van der Waals surface area contributed by atoms with Crippen LogP contribution in [0.4, 0.5) is 5.82 Å². The Labute approximate surface area is 107 Å². The lowest BCUT2D eigenvalue weighted by atomic mass is 10.0. The van der Waals surface area contributed by atoms with Gasteiger partial charge in [-0.15, -0.1) is 0 Å². The lowest BCUT2D eigenvalue weighted by molar-refractivity contribution is 0.496. The molecule has 0 aromatic carbocycles. The fraction of sp³-hybridized carbons (Fsp3) is 0.692. The summed E-state index contributed by atoms with van der Waals surface area (Å²) in [6, 6.07) is 0.582. The van der Waals surface area contributed by atoms with Crippen molar-refractivity contribution in [3.63, 3.8) is 0 Å². The van der Waals surface area contributed by atoms with Crippen molar-refractivity contribution in [2.75, 3.05) is 11.9 Å². The third-order valence-corrected chi connectivity index (χ3v) is 3.41. The van der Waals surface area contributed by atoms with Crippen LogP contribution >= 0.6 is 0 Å². The van der Waals surface area contributed by atoms with Crippen LogP contribution in [0.2, 0.25) is 0 Å². The van der Waals surface area contributed by atoms with Crippen molar-refractivity contribution < 1.29 is 0 Å². The van der Waals surface area contributed by atoms with E-state index in [4.69, 9.17) is 5.73 Å². The maximum absolute atomic E-state index is 12.2. The van der Waals surface area contributed by atoms with Crippen LogP contribution < -0.4 is 16.6 Å². The van der Waals surface area contributed by atoms with E-state index in [1.54, 1.807) is 17.0 Å². The summed E-state index contributed by atoms with van der Waals surface area (Å²) in [5.41, 5.74) is 5.59. The Morgan fingerprint density at radius 3 is 2.83 bits per heavy atom. The van der Waals surface area contributed by atoms with E-state index in [2.05, 4.69) is 24.1 Å². The molecule has 1 atom stereocenters. The number of anilines is 1. The molecule has 1 aliphatic rings. The summed E-state index contributed by atoms with van der Waals surface area (Å²) in [7, 11) is 0. The summed E-state index contributed by atoms with van der Waals surface area (Å²) in [6.07, 6.45) is 6.51. The molecule has 1 fully saturated rings. The molecule has 0 aliphatic heterocycles. The van der Waals surface area contributed by atoms with Crippen molar-refractivity contribution in [2.24, 2.45) is 11.7 Å². The summed E-state index contributed by atoms with van der Waals surface area (Å²) in [5, 5.41) is 3.25. The lowest BCUT2D eigenvalue weighted by Gasteiger charge is -2.22. The van der Waals surface area contributed by atoms with Gasteiger partial charge in [-0.25, -0.2) is 4.98 Å². The van der Waals surface area contributed by atoms with Gasteiger partial charge in [0, 0.05) is 24.5 Å². The monoisotopic (exact) mass is 250 g/mol. The van der Waals surface area contributed by atoms with Crippen molar-refractivity contribution in [3.8, 4) is 0 Å². The maximum atomic E-state index is 12.2. The number of aromatic nitrogens is 2. The molecule has 3 N–H and O–H groups in total. The van der Waals surface area contributed by atoms with Crippen LogP contribution in [0, 0.1) is 5.92 Å². The molecule has 1 aromatic heterocycles. The van der Waals surface area contributed by atoms with E-state index in [-0.39, 0.29) is 11.6 Å². The zero-order chi connectivity index (χ0) is 13.1. The second-order valence-electron chi connectivity index (χ2n) is 5.29. The fourth-order valence-electron chi connectivity index (χ4n) is 2.09. The van der Waals surface area contributed by atoms with Crippen molar-refractivity contribution in [1.29, 1.82) is 0 Å². The van der Waals surface area contributed by atoms with Gasteiger partial charge in [0.1, 0.15) is 0 Å². The van der Waals surface area contributed by atoms with Crippen LogP contribution in [0.1, 0.15) is 39.2 Å². The maximum Gasteiger partial charge on any atom is 0.293 e. The predicted octanol–water partition coefficient (Wildman–Crippen LogP) is 1.36. The first-order chi connectivity index (χ1) is 8.63. The summed E-state index contributed by atoms with van der Waals surface area (Å²) in [5.74, 6) is 0.876. The molecule has 1 unspecified atom stereocenters. The summed E-state index contributed by atoms with van der Waals surface area (Å²) in [6.45, 7) is 4.85. The second-order valence-corrected chi connectivity index (χ2v) is 5.29. The van der Waals surface area contributed by atoms with E-state index in [1.165, 1.54) is 0 Å². The first-order valence-corrected chi connectivity index (χ1v) is 6.67. The van der Waals surface area contributed by atoms with Crippen LogP contribution in [-0.4, -0.2) is 22.1 Å². The van der Waals surface area contributed by atoms with Gasteiger partial charge >= 0.3 is 0 Å². The van der Waals surface area contributed by atoms with Crippen LogP contribution in [-0.2, 0) is 0 Å². The molecule has 18 heavy (non-hydrogen) atoms. The molecule has 2 rings (SSSR count). The van der Waals surface area contributed by atoms with Gasteiger partial charge in [0.15, 0.2) is 5.82 Å². The number of nitrogens with two attached hydrogens (primary N) is 1. The Morgan fingerprint density at radius 1 is 1.56 bits per heavy atom. The molecular weight excluding hydrogens is 228 g/mol. The minimum atomic E-state index is -0.0114. The molecule has 0 spiro atoms. The molecular formula is C13H22N4O. The topological polar surface area (TPSA) is 72.9 Å². The third kappa shape index (κ3) is 2.90. The Bertz CT molecular complexity index is 451. The van der Waals surface area contributed by atoms with Crippen molar-refractivity contribution in [1.82, 2.24) is 9.55 Å². The Balaban J connectivity index is 2.17. The smallest absolute Gasteiger partial charge is 0.293 e. The molecule has 5 nitrogen and oxygen atoms in total. The van der Waals surface area contributed by atoms with Gasteiger partial charge in [-0.1, -0.05) is 13.8 Å². The number of hydrogen-bond donors (Lipinski definition) is 2. The largest absolute Gasteiger partial charge is 0.362 e. The zero-order valence-corrected chi connectivity index (χ0v) is 11.1. The average Bonchev–Trinajstić information content (AvgIpc) is 3.15. The highest BCUT2D eigenvalue weighted by molar-refractivity contribution is 5.33. The van der Waals surface area contributed by atoms with E-state index in [1.807, 2.05) is 0 Å². The van der Waals surface area contributed by atoms with Crippen molar-refractivity contribution in [2.45, 2.75) is 45.2 Å². The zero-order valence-electron chi connectivity index (χ0n) is 11.1. The minimum absolute atomic E-state index is 0.0114. The molecule has 1 heterocycles. The number of nitrogens with one attached hydrogen (secondary N) is 1. The van der Waals surface area contributed by atoms with Gasteiger partial charge in [0.25, 0.3) is 5.56 Å². The van der Waals surface area contributed by atoms with Crippen molar-refractivity contribution in [3.05, 3.63) is 22.7 Å². The summed E-state index contributed by atoms with van der Waals surface area (Å²) < 4.78 is 1.79. The molecule has 0 amide bonds. The molecule has 100 valence electrons. The predicted molar refractivity (Wildman–Crippen MR) is 72.7 cm³/mol. The molecule has 0 radical (unpaired) electrons. The molecule has 0 saturated heterocycles. The van der Waals surface area contributed by atoms with E-state index >= 15 is 0 Å². The Morgan fingerprint density at radius 2 is 2.28 bits per heavy atom.